The van der Waals surface area contributed by atoms with Crippen molar-refractivity contribution >= 4 is 5.78 Å². The molecule has 13 heavy (non-hydrogen) atoms. The Balaban J connectivity index is 2.22. The van der Waals surface area contributed by atoms with Crippen molar-refractivity contribution in [3.8, 4) is 0 Å². The van der Waals surface area contributed by atoms with E-state index in [1.54, 1.807) is 13.2 Å². The molecule has 0 radical (unpaired) electrons. The molecule has 2 rings (SSSR count). The van der Waals surface area contributed by atoms with Gasteiger partial charge in [-0.1, -0.05) is 6.92 Å². The van der Waals surface area contributed by atoms with Crippen LogP contribution >= 0.6 is 0 Å². The maximum atomic E-state index is 11.3. The molecule has 0 N–H and O–H groups in total. The SMILES string of the molecule is CC(=O)C1=COC[C@@H]2C(C)CC[C@H]12. The molecule has 1 unspecified atom stereocenters. The number of allylic oxidation sites excluding steroid dienone is 1. The fraction of sp³-hybridized carbons (Fsp3) is 0.727. The molecule has 1 aliphatic heterocycles. The maximum absolute atomic E-state index is 11.3. The van der Waals surface area contributed by atoms with Gasteiger partial charge in [-0.3, -0.25) is 4.79 Å². The zero-order chi connectivity index (χ0) is 9.42. The van der Waals surface area contributed by atoms with E-state index in [1.165, 1.54) is 12.8 Å². The number of ether oxygens (including phenoxy) is 1. The van der Waals surface area contributed by atoms with Gasteiger partial charge < -0.3 is 4.74 Å². The lowest BCUT2D eigenvalue weighted by atomic mass is 9.83. The largest absolute Gasteiger partial charge is 0.500 e. The van der Waals surface area contributed by atoms with Crippen LogP contribution in [0.15, 0.2) is 11.8 Å². The number of hydrogen-bond acceptors (Lipinski definition) is 2. The van der Waals surface area contributed by atoms with Gasteiger partial charge in [-0.2, -0.15) is 0 Å². The standard InChI is InChI=1S/C11H16O2/c1-7-3-4-9-10(7)5-13-6-11(9)8(2)12/h6-7,9-10H,3-5H2,1-2H3/t7?,9-,10+/m0/s1. The van der Waals surface area contributed by atoms with Gasteiger partial charge in [-0.25, -0.2) is 0 Å². The van der Waals surface area contributed by atoms with Crippen LogP contribution in [0.5, 0.6) is 0 Å². The summed E-state index contributed by atoms with van der Waals surface area (Å²) in [6.07, 6.45) is 4.09. The molecule has 2 heteroatoms. The summed E-state index contributed by atoms with van der Waals surface area (Å²) in [5.41, 5.74) is 0.917. The second kappa shape index (κ2) is 3.17. The van der Waals surface area contributed by atoms with Crippen LogP contribution in [0.2, 0.25) is 0 Å². The zero-order valence-corrected chi connectivity index (χ0v) is 8.25. The summed E-state index contributed by atoms with van der Waals surface area (Å²) in [5, 5.41) is 0. The molecule has 1 aliphatic carbocycles. The van der Waals surface area contributed by atoms with E-state index in [1.807, 2.05) is 0 Å². The number of carbonyl (C=O) groups is 1. The molecular weight excluding hydrogens is 164 g/mol. The van der Waals surface area contributed by atoms with Gasteiger partial charge in [0.15, 0.2) is 5.78 Å². The van der Waals surface area contributed by atoms with E-state index < -0.39 is 0 Å². The van der Waals surface area contributed by atoms with E-state index in [2.05, 4.69) is 6.92 Å². The van der Waals surface area contributed by atoms with E-state index in [9.17, 15) is 4.79 Å². The molecule has 1 fully saturated rings. The summed E-state index contributed by atoms with van der Waals surface area (Å²) in [7, 11) is 0. The van der Waals surface area contributed by atoms with Crippen LogP contribution in [0.3, 0.4) is 0 Å². The highest BCUT2D eigenvalue weighted by Gasteiger charge is 2.39. The van der Waals surface area contributed by atoms with Crippen LogP contribution in [0, 0.1) is 17.8 Å². The molecule has 0 amide bonds. The van der Waals surface area contributed by atoms with Crippen molar-refractivity contribution in [1.29, 1.82) is 0 Å². The van der Waals surface area contributed by atoms with Crippen LogP contribution in [0.25, 0.3) is 0 Å². The topological polar surface area (TPSA) is 26.3 Å². The van der Waals surface area contributed by atoms with Gasteiger partial charge in [-0.05, 0) is 31.6 Å². The smallest absolute Gasteiger partial charge is 0.159 e. The van der Waals surface area contributed by atoms with Crippen LogP contribution < -0.4 is 0 Å². The third kappa shape index (κ3) is 1.38. The molecule has 0 saturated heterocycles. The van der Waals surface area contributed by atoms with Crippen LogP contribution in [-0.2, 0) is 9.53 Å². The Morgan fingerprint density at radius 2 is 2.31 bits per heavy atom. The number of Topliss-reactive ketones (excluding diaryl/α,β-unsaturated/α-hetero) is 1. The predicted molar refractivity (Wildman–Crippen MR) is 50.1 cm³/mol. The van der Waals surface area contributed by atoms with Crippen LogP contribution in [-0.4, -0.2) is 12.4 Å². The fourth-order valence-electron chi connectivity index (χ4n) is 2.61. The Hall–Kier alpha value is -0.790. The van der Waals surface area contributed by atoms with Gasteiger partial charge in [0.25, 0.3) is 0 Å². The van der Waals surface area contributed by atoms with Gasteiger partial charge in [-0.15, -0.1) is 0 Å². The average Bonchev–Trinajstić information content (AvgIpc) is 2.48. The van der Waals surface area contributed by atoms with Gasteiger partial charge in [0.05, 0.1) is 12.9 Å². The first-order valence-corrected chi connectivity index (χ1v) is 5.02. The third-order valence-electron chi connectivity index (χ3n) is 3.49. The molecule has 2 aliphatic rings. The molecule has 72 valence electrons. The zero-order valence-electron chi connectivity index (χ0n) is 8.25. The highest BCUT2D eigenvalue weighted by Crippen LogP contribution is 2.43. The maximum Gasteiger partial charge on any atom is 0.159 e. The molecule has 0 aromatic carbocycles. The molecule has 1 saturated carbocycles. The molecule has 3 atom stereocenters. The van der Waals surface area contributed by atoms with Crippen LogP contribution in [0.1, 0.15) is 26.7 Å². The second-order valence-corrected chi connectivity index (χ2v) is 4.29. The lowest BCUT2D eigenvalue weighted by Gasteiger charge is -2.27. The fourth-order valence-corrected chi connectivity index (χ4v) is 2.61. The predicted octanol–water partition coefficient (Wildman–Crippen LogP) is 2.15. The lowest BCUT2D eigenvalue weighted by Crippen LogP contribution is -2.26. The molecule has 2 nitrogen and oxygen atoms in total. The first-order valence-electron chi connectivity index (χ1n) is 5.02. The highest BCUT2D eigenvalue weighted by atomic mass is 16.5. The quantitative estimate of drug-likeness (QED) is 0.618. The summed E-state index contributed by atoms with van der Waals surface area (Å²) in [6, 6.07) is 0. The van der Waals surface area contributed by atoms with Gasteiger partial charge in [0.2, 0.25) is 0 Å². The van der Waals surface area contributed by atoms with E-state index >= 15 is 0 Å². The Labute approximate surface area is 79.0 Å². The van der Waals surface area contributed by atoms with Crippen molar-refractivity contribution in [2.75, 3.05) is 6.61 Å². The second-order valence-electron chi connectivity index (χ2n) is 4.29. The molecule has 0 aromatic heterocycles. The minimum atomic E-state index is 0.184. The van der Waals surface area contributed by atoms with Gasteiger partial charge >= 0.3 is 0 Å². The monoisotopic (exact) mass is 180 g/mol. The Kier molecular flexibility index (Phi) is 2.14. The van der Waals surface area contributed by atoms with Crippen molar-refractivity contribution in [2.45, 2.75) is 26.7 Å². The first kappa shape index (κ1) is 8.79. The van der Waals surface area contributed by atoms with Gasteiger partial charge in [0.1, 0.15) is 0 Å². The van der Waals surface area contributed by atoms with Crippen LogP contribution in [0.4, 0.5) is 0 Å². The lowest BCUT2D eigenvalue weighted by molar-refractivity contribution is -0.114. The van der Waals surface area contributed by atoms with Crippen molar-refractivity contribution in [3.63, 3.8) is 0 Å². The summed E-state index contributed by atoms with van der Waals surface area (Å²) in [5.74, 6) is 1.97. The molecule has 0 spiro atoms. The van der Waals surface area contributed by atoms with E-state index in [-0.39, 0.29) is 5.78 Å². The molecular formula is C11H16O2. The Morgan fingerprint density at radius 3 is 3.00 bits per heavy atom. The van der Waals surface area contributed by atoms with E-state index in [0.29, 0.717) is 17.8 Å². The highest BCUT2D eigenvalue weighted by molar-refractivity contribution is 5.93. The Morgan fingerprint density at radius 1 is 1.54 bits per heavy atom. The summed E-state index contributed by atoms with van der Waals surface area (Å²) in [6.45, 7) is 4.71. The van der Waals surface area contributed by atoms with E-state index in [0.717, 1.165) is 12.2 Å². The van der Waals surface area contributed by atoms with Gasteiger partial charge in [0, 0.05) is 11.5 Å². The number of rotatable bonds is 1. The number of fused-ring (bicyclic) bond motifs is 1. The summed E-state index contributed by atoms with van der Waals surface area (Å²) < 4.78 is 5.34. The molecule has 1 heterocycles. The normalized spacial score (nSPS) is 37.7. The van der Waals surface area contributed by atoms with E-state index in [4.69, 9.17) is 4.74 Å². The average molecular weight is 180 g/mol. The third-order valence-corrected chi connectivity index (χ3v) is 3.49. The van der Waals surface area contributed by atoms with Crippen molar-refractivity contribution < 1.29 is 9.53 Å². The minimum absolute atomic E-state index is 0.184. The Bertz CT molecular complexity index is 255. The van der Waals surface area contributed by atoms with Crippen molar-refractivity contribution in [2.24, 2.45) is 17.8 Å². The number of hydrogen-bond donors (Lipinski definition) is 0. The van der Waals surface area contributed by atoms with Crippen molar-refractivity contribution in [3.05, 3.63) is 11.8 Å². The minimum Gasteiger partial charge on any atom is -0.500 e. The number of ketones is 1. The molecule has 0 aromatic rings. The molecule has 0 bridgehead atoms. The first-order chi connectivity index (χ1) is 6.20. The summed E-state index contributed by atoms with van der Waals surface area (Å²) in [4.78, 5) is 11.3. The number of carbonyl (C=O) groups excluding carboxylic acids is 1. The summed E-state index contributed by atoms with van der Waals surface area (Å²) >= 11 is 0. The van der Waals surface area contributed by atoms with Crippen molar-refractivity contribution in [1.82, 2.24) is 0 Å².